The summed E-state index contributed by atoms with van der Waals surface area (Å²) in [4.78, 5) is 45.4. The Morgan fingerprint density at radius 2 is 1.83 bits per heavy atom. The zero-order valence-corrected chi connectivity index (χ0v) is 16.6. The lowest BCUT2D eigenvalue weighted by Gasteiger charge is -2.25. The molecular weight excluding hydrogens is 368 g/mol. The largest absolute Gasteiger partial charge is 0.334 e. The van der Waals surface area contributed by atoms with Crippen molar-refractivity contribution in [3.8, 4) is 0 Å². The van der Waals surface area contributed by atoms with Gasteiger partial charge in [-0.25, -0.2) is 4.79 Å². The third-order valence-corrected chi connectivity index (χ3v) is 5.61. The summed E-state index contributed by atoms with van der Waals surface area (Å²) in [5.41, 5.74) is 1.58. The molecule has 4 amide bonds. The number of benzene rings is 1. The number of nitrogens with one attached hydrogen (secondary N) is 1. The molecule has 2 aromatic rings. The molecular formula is C22H24N4O3. The van der Waals surface area contributed by atoms with E-state index in [-0.39, 0.29) is 18.5 Å². The second kappa shape index (κ2) is 7.31. The van der Waals surface area contributed by atoms with Gasteiger partial charge in [0.25, 0.3) is 5.91 Å². The number of pyridine rings is 1. The third-order valence-electron chi connectivity index (χ3n) is 5.61. The highest BCUT2D eigenvalue weighted by molar-refractivity contribution is 6.09. The van der Waals surface area contributed by atoms with Crippen LogP contribution in [-0.2, 0) is 21.7 Å². The van der Waals surface area contributed by atoms with Gasteiger partial charge in [-0.15, -0.1) is 0 Å². The maximum atomic E-state index is 13.1. The number of amides is 4. The van der Waals surface area contributed by atoms with E-state index in [1.54, 1.807) is 24.2 Å². The average Bonchev–Trinajstić information content (AvgIpc) is 3.52. The Hall–Kier alpha value is -3.22. The lowest BCUT2D eigenvalue weighted by atomic mass is 9.91. The Labute approximate surface area is 169 Å². The Morgan fingerprint density at radius 3 is 2.45 bits per heavy atom. The first kappa shape index (κ1) is 19.1. The van der Waals surface area contributed by atoms with E-state index < -0.39 is 17.5 Å². The van der Waals surface area contributed by atoms with Gasteiger partial charge in [0.2, 0.25) is 5.91 Å². The van der Waals surface area contributed by atoms with Crippen molar-refractivity contribution in [1.82, 2.24) is 20.1 Å². The molecule has 1 atom stereocenters. The summed E-state index contributed by atoms with van der Waals surface area (Å²) >= 11 is 0. The summed E-state index contributed by atoms with van der Waals surface area (Å²) in [5, 5.41) is 2.76. The number of hydrogen-bond acceptors (Lipinski definition) is 4. The predicted octanol–water partition coefficient (Wildman–Crippen LogP) is 2.35. The van der Waals surface area contributed by atoms with Gasteiger partial charge in [0, 0.05) is 25.0 Å². The summed E-state index contributed by atoms with van der Waals surface area (Å²) in [5.74, 6) is -0.625. The fourth-order valence-electron chi connectivity index (χ4n) is 3.64. The van der Waals surface area contributed by atoms with Crippen molar-refractivity contribution >= 4 is 17.8 Å². The number of imide groups is 1. The standard InChI is InChI=1S/C22H24N4O3/c1-15-3-5-17(6-4-15)22(2)20(28)26(21(29)24-22)14-19(27)25(18-7-8-18)13-16-9-11-23-12-10-16/h3-6,9-12,18H,7-8,13-14H2,1-2H3,(H,24,29). The van der Waals surface area contributed by atoms with E-state index in [1.165, 1.54) is 0 Å². The second-order valence-electron chi connectivity index (χ2n) is 7.92. The van der Waals surface area contributed by atoms with Crippen LogP contribution in [0.15, 0.2) is 48.8 Å². The molecule has 1 saturated carbocycles. The maximum absolute atomic E-state index is 13.1. The Bertz CT molecular complexity index is 940. The van der Waals surface area contributed by atoms with Crippen LogP contribution in [0.25, 0.3) is 0 Å². The molecule has 1 unspecified atom stereocenters. The molecule has 1 saturated heterocycles. The quantitative estimate of drug-likeness (QED) is 0.765. The molecule has 150 valence electrons. The minimum Gasteiger partial charge on any atom is -0.334 e. The van der Waals surface area contributed by atoms with E-state index in [9.17, 15) is 14.4 Å². The van der Waals surface area contributed by atoms with Gasteiger partial charge in [0.05, 0.1) is 0 Å². The lowest BCUT2D eigenvalue weighted by molar-refractivity contribution is -0.139. The van der Waals surface area contributed by atoms with Crippen LogP contribution in [-0.4, -0.2) is 45.2 Å². The number of aryl methyl sites for hydroxylation is 1. The van der Waals surface area contributed by atoms with Crippen molar-refractivity contribution in [3.63, 3.8) is 0 Å². The first-order valence-corrected chi connectivity index (χ1v) is 9.78. The molecule has 1 aromatic heterocycles. The van der Waals surface area contributed by atoms with Crippen LogP contribution in [0, 0.1) is 6.92 Å². The van der Waals surface area contributed by atoms with Crippen LogP contribution in [0.4, 0.5) is 4.79 Å². The van der Waals surface area contributed by atoms with Crippen molar-refractivity contribution < 1.29 is 14.4 Å². The van der Waals surface area contributed by atoms with Gasteiger partial charge >= 0.3 is 6.03 Å². The van der Waals surface area contributed by atoms with Crippen molar-refractivity contribution in [1.29, 1.82) is 0 Å². The van der Waals surface area contributed by atoms with Gasteiger partial charge in [-0.3, -0.25) is 19.5 Å². The molecule has 2 aliphatic rings. The molecule has 1 aliphatic heterocycles. The Balaban J connectivity index is 1.50. The average molecular weight is 392 g/mol. The van der Waals surface area contributed by atoms with Gasteiger partial charge in [0.15, 0.2) is 0 Å². The molecule has 4 rings (SSSR count). The van der Waals surface area contributed by atoms with Crippen molar-refractivity contribution in [2.45, 2.75) is 44.8 Å². The normalized spacial score (nSPS) is 21.2. The second-order valence-corrected chi connectivity index (χ2v) is 7.92. The minimum absolute atomic E-state index is 0.167. The van der Waals surface area contributed by atoms with Crippen LogP contribution in [0.2, 0.25) is 0 Å². The highest BCUT2D eigenvalue weighted by Crippen LogP contribution is 2.31. The fraction of sp³-hybridized carbons (Fsp3) is 0.364. The molecule has 1 N–H and O–H groups in total. The number of nitrogens with zero attached hydrogens (tertiary/aromatic N) is 3. The molecule has 29 heavy (non-hydrogen) atoms. The molecule has 2 fully saturated rings. The SMILES string of the molecule is Cc1ccc(C2(C)NC(=O)N(CC(=O)N(Cc3ccncc3)C3CC3)C2=O)cc1. The summed E-state index contributed by atoms with van der Waals surface area (Å²) < 4.78 is 0. The number of carbonyl (C=O) groups excluding carboxylic acids is 3. The lowest BCUT2D eigenvalue weighted by Crippen LogP contribution is -2.45. The molecule has 0 radical (unpaired) electrons. The van der Waals surface area contributed by atoms with Crippen LogP contribution < -0.4 is 5.32 Å². The maximum Gasteiger partial charge on any atom is 0.325 e. The Morgan fingerprint density at radius 1 is 1.17 bits per heavy atom. The third kappa shape index (κ3) is 3.72. The van der Waals surface area contributed by atoms with E-state index in [0.717, 1.165) is 28.9 Å². The monoisotopic (exact) mass is 392 g/mol. The van der Waals surface area contributed by atoms with Crippen LogP contribution in [0.1, 0.15) is 36.5 Å². The molecule has 1 aliphatic carbocycles. The Kier molecular flexibility index (Phi) is 4.82. The summed E-state index contributed by atoms with van der Waals surface area (Å²) in [6.07, 6.45) is 5.26. The number of urea groups is 1. The van der Waals surface area contributed by atoms with Gasteiger partial charge in [-0.1, -0.05) is 29.8 Å². The van der Waals surface area contributed by atoms with Crippen LogP contribution in [0.5, 0.6) is 0 Å². The molecule has 0 spiro atoms. The van der Waals surface area contributed by atoms with Crippen molar-refractivity contribution in [2.75, 3.05) is 6.54 Å². The van der Waals surface area contributed by atoms with Gasteiger partial charge < -0.3 is 10.2 Å². The van der Waals surface area contributed by atoms with Crippen LogP contribution in [0.3, 0.4) is 0 Å². The van der Waals surface area contributed by atoms with E-state index >= 15 is 0 Å². The number of aromatic nitrogens is 1. The summed E-state index contributed by atoms with van der Waals surface area (Å²) in [7, 11) is 0. The topological polar surface area (TPSA) is 82.6 Å². The summed E-state index contributed by atoms with van der Waals surface area (Å²) in [6, 6.07) is 10.8. The smallest absolute Gasteiger partial charge is 0.325 e. The van der Waals surface area contributed by atoms with Gasteiger partial charge in [0.1, 0.15) is 12.1 Å². The highest BCUT2D eigenvalue weighted by Gasteiger charge is 2.50. The minimum atomic E-state index is -1.17. The van der Waals surface area contributed by atoms with E-state index in [0.29, 0.717) is 12.1 Å². The fourth-order valence-corrected chi connectivity index (χ4v) is 3.64. The number of hydrogen-bond donors (Lipinski definition) is 1. The number of rotatable bonds is 6. The zero-order valence-electron chi connectivity index (χ0n) is 16.6. The van der Waals surface area contributed by atoms with E-state index in [2.05, 4.69) is 10.3 Å². The number of carbonyl (C=O) groups is 3. The van der Waals surface area contributed by atoms with Gasteiger partial charge in [-0.2, -0.15) is 0 Å². The molecule has 1 aromatic carbocycles. The first-order valence-electron chi connectivity index (χ1n) is 9.78. The molecule has 7 nitrogen and oxygen atoms in total. The van der Waals surface area contributed by atoms with E-state index in [1.807, 2.05) is 43.3 Å². The van der Waals surface area contributed by atoms with E-state index in [4.69, 9.17) is 0 Å². The zero-order chi connectivity index (χ0) is 20.6. The molecule has 7 heteroatoms. The first-order chi connectivity index (χ1) is 13.9. The highest BCUT2D eigenvalue weighted by atomic mass is 16.2. The summed E-state index contributed by atoms with van der Waals surface area (Å²) in [6.45, 7) is 3.83. The van der Waals surface area contributed by atoms with Gasteiger partial charge in [-0.05, 0) is 49.9 Å². The molecule has 0 bridgehead atoms. The molecule has 2 heterocycles. The predicted molar refractivity (Wildman–Crippen MR) is 107 cm³/mol. The van der Waals surface area contributed by atoms with Crippen LogP contribution >= 0.6 is 0 Å². The van der Waals surface area contributed by atoms with Crippen molar-refractivity contribution in [3.05, 3.63) is 65.5 Å². The van der Waals surface area contributed by atoms with Crippen molar-refractivity contribution in [2.24, 2.45) is 0 Å².